The third-order valence-electron chi connectivity index (χ3n) is 9.25. The maximum Gasteiger partial charge on any atom is 0.274 e. The van der Waals surface area contributed by atoms with Crippen molar-refractivity contribution >= 4 is 44.4 Å². The van der Waals surface area contributed by atoms with Crippen LogP contribution in [0.4, 0.5) is 20.3 Å². The van der Waals surface area contributed by atoms with Gasteiger partial charge in [0.05, 0.1) is 23.7 Å². The van der Waals surface area contributed by atoms with Crippen molar-refractivity contribution in [2.45, 2.75) is 63.2 Å². The lowest BCUT2D eigenvalue weighted by Gasteiger charge is -2.27. The molecule has 10 nitrogen and oxygen atoms in total. The van der Waals surface area contributed by atoms with E-state index in [1.54, 1.807) is 41.4 Å². The molecule has 2 aliphatic heterocycles. The molecule has 2 aliphatic rings. The van der Waals surface area contributed by atoms with Gasteiger partial charge < -0.3 is 24.1 Å². The zero-order valence-electron chi connectivity index (χ0n) is 26.4. The number of H-pyrrole nitrogens is 1. The number of nitrogens with zero attached hydrogens (tertiary/aromatic N) is 4. The molecule has 1 aromatic carbocycles. The molecule has 1 atom stereocenters. The maximum absolute atomic E-state index is 15.4. The molecule has 6 rings (SSSR count). The predicted octanol–water partition coefficient (Wildman–Crippen LogP) is 5.72. The van der Waals surface area contributed by atoms with Gasteiger partial charge in [-0.05, 0) is 42.5 Å². The van der Waals surface area contributed by atoms with Gasteiger partial charge in [-0.25, -0.2) is 22.2 Å². The topological polar surface area (TPSA) is 125 Å². The third-order valence-corrected chi connectivity index (χ3v) is 10.8. The van der Waals surface area contributed by atoms with Gasteiger partial charge in [0.2, 0.25) is 0 Å². The first-order valence-electron chi connectivity index (χ1n) is 15.9. The second-order valence-electron chi connectivity index (χ2n) is 12.5. The number of nitrogens with one attached hydrogen (secondary N) is 1. The first-order valence-corrected chi connectivity index (χ1v) is 17.8. The summed E-state index contributed by atoms with van der Waals surface area (Å²) in [5, 5.41) is -0.372. The maximum atomic E-state index is 15.4. The van der Waals surface area contributed by atoms with Gasteiger partial charge in [-0.3, -0.25) is 9.59 Å². The van der Waals surface area contributed by atoms with Gasteiger partial charge in [0.25, 0.3) is 11.5 Å². The van der Waals surface area contributed by atoms with E-state index in [4.69, 9.17) is 0 Å². The lowest BCUT2D eigenvalue weighted by molar-refractivity contribution is -0.107. The second-order valence-corrected chi connectivity index (χ2v) is 14.7. The minimum absolute atomic E-state index is 0.0434. The molecule has 3 aromatic heterocycles. The Morgan fingerprint density at radius 1 is 1.02 bits per heavy atom. The number of halogens is 2. The summed E-state index contributed by atoms with van der Waals surface area (Å²) in [7, 11) is -2.06. The number of carbonyl (C=O) groups is 2. The van der Waals surface area contributed by atoms with Crippen molar-refractivity contribution in [3.05, 3.63) is 75.5 Å². The molecule has 0 saturated carbocycles. The number of rotatable bonds is 11. The first-order chi connectivity index (χ1) is 22.5. The highest BCUT2D eigenvalue weighted by atomic mass is 32.2. The minimum atomic E-state index is -3.67. The third kappa shape index (κ3) is 6.20. The molecule has 0 saturated heterocycles. The van der Waals surface area contributed by atoms with E-state index in [0.717, 1.165) is 63.3 Å². The molecule has 0 unspecified atom stereocenters. The lowest BCUT2D eigenvalue weighted by Crippen LogP contribution is -2.32. The molecule has 13 heteroatoms. The Balaban J connectivity index is 1.47. The standard InChI is InChI=1S/C34H37F2N5O5S/c1-39-20-26-23-15-24-25(33(43)40(12-10-29(24)47(2,45)46)11-8-6-4-3-5-7-9-13-42)16-28(23)41(32-27(36)14-22(35)18-38-32)19-21-17-37-31(30(21)26)34(39)44/h13-18,20,29,37H,3-12,19H2,1-2H3/t29-/m0/s1. The van der Waals surface area contributed by atoms with E-state index in [1.165, 1.54) is 4.57 Å². The van der Waals surface area contributed by atoms with Crippen molar-refractivity contribution in [1.29, 1.82) is 0 Å². The Morgan fingerprint density at radius 3 is 2.49 bits per heavy atom. The van der Waals surface area contributed by atoms with Gasteiger partial charge in [-0.2, -0.15) is 0 Å². The Bertz CT molecular complexity index is 2040. The van der Waals surface area contributed by atoms with Gasteiger partial charge in [-0.15, -0.1) is 0 Å². The Labute approximate surface area is 271 Å². The fourth-order valence-corrected chi connectivity index (χ4v) is 8.09. The summed E-state index contributed by atoms with van der Waals surface area (Å²) >= 11 is 0. The summed E-state index contributed by atoms with van der Waals surface area (Å²) in [6.07, 6.45) is 12.5. The van der Waals surface area contributed by atoms with Crippen LogP contribution >= 0.6 is 0 Å². The minimum Gasteiger partial charge on any atom is -0.356 e. The predicted molar refractivity (Wildman–Crippen MR) is 175 cm³/mol. The van der Waals surface area contributed by atoms with E-state index in [2.05, 4.69) is 9.97 Å². The first kappa shape index (κ1) is 32.5. The van der Waals surface area contributed by atoms with E-state index in [9.17, 15) is 27.2 Å². The summed E-state index contributed by atoms with van der Waals surface area (Å²) < 4.78 is 57.3. The molecule has 1 N–H and O–H groups in total. The molecule has 1 amide bonds. The Hall–Kier alpha value is -4.39. The van der Waals surface area contributed by atoms with Crippen LogP contribution in [0.3, 0.4) is 0 Å². The van der Waals surface area contributed by atoms with Gasteiger partial charge in [0.15, 0.2) is 21.5 Å². The number of fused-ring (bicyclic) bond motifs is 3. The normalized spacial score (nSPS) is 16.2. The average Bonchev–Trinajstić information content (AvgIpc) is 3.33. The van der Waals surface area contributed by atoms with Crippen LogP contribution in [0.5, 0.6) is 0 Å². The lowest BCUT2D eigenvalue weighted by atomic mass is 9.93. The molecule has 47 heavy (non-hydrogen) atoms. The summed E-state index contributed by atoms with van der Waals surface area (Å²) in [4.78, 5) is 48.2. The molecule has 5 heterocycles. The molecular formula is C34H37F2N5O5S. The van der Waals surface area contributed by atoms with Crippen LogP contribution in [0.25, 0.3) is 22.0 Å². The van der Waals surface area contributed by atoms with Crippen LogP contribution in [0.1, 0.15) is 78.1 Å². The highest BCUT2D eigenvalue weighted by Crippen LogP contribution is 2.47. The molecule has 4 aromatic rings. The van der Waals surface area contributed by atoms with E-state index in [0.29, 0.717) is 51.8 Å². The number of aryl methyl sites for hydroxylation is 1. The smallest absolute Gasteiger partial charge is 0.274 e. The molecule has 248 valence electrons. The number of carbonyl (C=O) groups excluding carboxylic acids is 2. The quantitative estimate of drug-likeness (QED) is 0.161. The molecular weight excluding hydrogens is 628 g/mol. The molecule has 0 radical (unpaired) electrons. The van der Waals surface area contributed by atoms with Gasteiger partial charge in [0.1, 0.15) is 17.6 Å². The number of hydrogen-bond acceptors (Lipinski definition) is 7. The molecule has 0 spiro atoms. The highest BCUT2D eigenvalue weighted by molar-refractivity contribution is 7.90. The largest absolute Gasteiger partial charge is 0.356 e. The summed E-state index contributed by atoms with van der Waals surface area (Å²) in [6.45, 7) is 0.742. The number of aldehydes is 1. The summed E-state index contributed by atoms with van der Waals surface area (Å²) in [5.41, 5.74) is 2.76. The zero-order chi connectivity index (χ0) is 33.5. The number of aromatic amines is 1. The Kier molecular flexibility index (Phi) is 9.01. The Morgan fingerprint density at radius 2 is 1.77 bits per heavy atom. The van der Waals surface area contributed by atoms with Crippen LogP contribution < -0.4 is 10.5 Å². The molecule has 0 bridgehead atoms. The number of amides is 1. The van der Waals surface area contributed by atoms with Crippen LogP contribution in [0.15, 0.2) is 41.6 Å². The highest BCUT2D eigenvalue weighted by Gasteiger charge is 2.37. The number of hydrogen-bond donors (Lipinski definition) is 1. The van der Waals surface area contributed by atoms with E-state index in [1.807, 2.05) is 0 Å². The molecule has 0 aliphatic carbocycles. The van der Waals surface area contributed by atoms with Crippen LogP contribution in [0, 0.1) is 11.6 Å². The van der Waals surface area contributed by atoms with Crippen molar-refractivity contribution in [1.82, 2.24) is 19.4 Å². The fraction of sp³-hybridized carbons (Fsp3) is 0.412. The van der Waals surface area contributed by atoms with Crippen LogP contribution in [0.2, 0.25) is 0 Å². The summed E-state index contributed by atoms with van der Waals surface area (Å²) in [6, 6.07) is 4.03. The summed E-state index contributed by atoms with van der Waals surface area (Å²) in [5.74, 6) is -2.25. The van der Waals surface area contributed by atoms with Crippen molar-refractivity contribution in [2.75, 3.05) is 24.2 Å². The fourth-order valence-electron chi connectivity index (χ4n) is 6.90. The SMILES string of the molecule is Cn1cc2c3c(c[nH]c3c1=O)CN(c1ncc(F)cc1F)c1cc3c(cc1-2)[C@@H](S(C)(=O)=O)CCN(CCCCCCCCC=O)C3=O. The van der Waals surface area contributed by atoms with Gasteiger partial charge >= 0.3 is 0 Å². The van der Waals surface area contributed by atoms with E-state index < -0.39 is 26.7 Å². The van der Waals surface area contributed by atoms with E-state index >= 15 is 4.39 Å². The van der Waals surface area contributed by atoms with Crippen molar-refractivity contribution in [3.63, 3.8) is 0 Å². The number of benzene rings is 1. The van der Waals surface area contributed by atoms with Crippen LogP contribution in [-0.4, -0.2) is 59.4 Å². The monoisotopic (exact) mass is 665 g/mol. The van der Waals surface area contributed by atoms with Gasteiger partial charge in [-0.1, -0.05) is 25.7 Å². The number of anilines is 2. The van der Waals surface area contributed by atoms with Crippen molar-refractivity contribution in [3.8, 4) is 11.1 Å². The van der Waals surface area contributed by atoms with Crippen molar-refractivity contribution in [2.24, 2.45) is 7.05 Å². The number of unbranched alkanes of at least 4 members (excludes halogenated alkanes) is 6. The van der Waals surface area contributed by atoms with Gasteiger partial charge in [0, 0.05) is 73.4 Å². The van der Waals surface area contributed by atoms with Crippen LogP contribution in [-0.2, 0) is 28.2 Å². The number of pyridine rings is 2. The average molecular weight is 666 g/mol. The molecule has 0 fully saturated rings. The number of aromatic nitrogens is 3. The van der Waals surface area contributed by atoms with E-state index in [-0.39, 0.29) is 42.4 Å². The van der Waals surface area contributed by atoms with Crippen molar-refractivity contribution < 1.29 is 26.8 Å². The second kappa shape index (κ2) is 13.0. The zero-order valence-corrected chi connectivity index (χ0v) is 27.2. The number of sulfone groups is 1.